The summed E-state index contributed by atoms with van der Waals surface area (Å²) < 4.78 is 37.5. The lowest BCUT2D eigenvalue weighted by molar-refractivity contribution is -0.144. The maximum absolute atomic E-state index is 12.3. The van der Waals surface area contributed by atoms with Crippen LogP contribution in [0.5, 0.6) is 0 Å². The SMILES string of the molecule is Cc1ccc(-c2nc(COC(=O)CCNS(=O)(=O)c3c(Cl)cccc3Cl)co2)cc1. The Kier molecular flexibility index (Phi) is 7.14. The number of carbonyl (C=O) groups is 1. The van der Waals surface area contributed by atoms with Gasteiger partial charge in [0.05, 0.1) is 16.5 Å². The lowest BCUT2D eigenvalue weighted by atomic mass is 10.1. The lowest BCUT2D eigenvalue weighted by Gasteiger charge is -2.09. The van der Waals surface area contributed by atoms with Crippen LogP contribution in [0.4, 0.5) is 0 Å². The highest BCUT2D eigenvalue weighted by Gasteiger charge is 2.21. The molecule has 0 aliphatic carbocycles. The Balaban J connectivity index is 1.49. The summed E-state index contributed by atoms with van der Waals surface area (Å²) in [5.41, 5.74) is 2.38. The Morgan fingerprint density at radius 1 is 1.13 bits per heavy atom. The summed E-state index contributed by atoms with van der Waals surface area (Å²) in [6, 6.07) is 12.0. The van der Waals surface area contributed by atoms with Gasteiger partial charge in [-0.25, -0.2) is 18.1 Å². The van der Waals surface area contributed by atoms with E-state index in [0.717, 1.165) is 11.1 Å². The van der Waals surface area contributed by atoms with Crippen molar-refractivity contribution in [2.45, 2.75) is 24.8 Å². The van der Waals surface area contributed by atoms with Gasteiger partial charge in [-0.3, -0.25) is 4.79 Å². The van der Waals surface area contributed by atoms with Gasteiger partial charge in [0.1, 0.15) is 23.5 Å². The number of carbonyl (C=O) groups excluding carboxylic acids is 1. The molecule has 3 rings (SSSR count). The van der Waals surface area contributed by atoms with E-state index in [0.29, 0.717) is 11.6 Å². The molecule has 10 heteroatoms. The van der Waals surface area contributed by atoms with Crippen molar-refractivity contribution in [1.82, 2.24) is 9.71 Å². The molecule has 3 aromatic rings. The van der Waals surface area contributed by atoms with Crippen LogP contribution < -0.4 is 4.72 Å². The zero-order valence-electron chi connectivity index (χ0n) is 15.9. The molecule has 0 atom stereocenters. The monoisotopic (exact) mass is 468 g/mol. The largest absolute Gasteiger partial charge is 0.459 e. The highest BCUT2D eigenvalue weighted by molar-refractivity contribution is 7.89. The van der Waals surface area contributed by atoms with Crippen LogP contribution >= 0.6 is 23.2 Å². The minimum Gasteiger partial charge on any atom is -0.459 e. The average Bonchev–Trinajstić information content (AvgIpc) is 3.15. The van der Waals surface area contributed by atoms with Crippen LogP contribution in [-0.4, -0.2) is 25.9 Å². The number of rotatable bonds is 8. The third-order valence-electron chi connectivity index (χ3n) is 4.04. The smallest absolute Gasteiger partial charge is 0.307 e. The van der Waals surface area contributed by atoms with E-state index in [1.165, 1.54) is 24.5 Å². The molecule has 30 heavy (non-hydrogen) atoms. The summed E-state index contributed by atoms with van der Waals surface area (Å²) in [6.07, 6.45) is 1.23. The molecule has 1 aromatic heterocycles. The van der Waals surface area contributed by atoms with E-state index in [4.69, 9.17) is 32.4 Å². The molecule has 0 saturated heterocycles. The highest BCUT2D eigenvalue weighted by atomic mass is 35.5. The number of aryl methyl sites for hydroxylation is 1. The van der Waals surface area contributed by atoms with Crippen molar-refractivity contribution in [3.05, 3.63) is 70.0 Å². The van der Waals surface area contributed by atoms with Crippen LogP contribution in [0.1, 0.15) is 17.7 Å². The van der Waals surface area contributed by atoms with Gasteiger partial charge in [0.25, 0.3) is 0 Å². The topological polar surface area (TPSA) is 98.5 Å². The van der Waals surface area contributed by atoms with Crippen LogP contribution in [-0.2, 0) is 26.2 Å². The molecule has 1 heterocycles. The fourth-order valence-electron chi connectivity index (χ4n) is 2.53. The number of ether oxygens (including phenoxy) is 1. The first-order valence-electron chi connectivity index (χ1n) is 8.87. The average molecular weight is 469 g/mol. The van der Waals surface area contributed by atoms with E-state index in [9.17, 15) is 13.2 Å². The Bertz CT molecular complexity index is 1120. The Labute approximate surface area is 184 Å². The van der Waals surface area contributed by atoms with Gasteiger partial charge in [0, 0.05) is 12.1 Å². The van der Waals surface area contributed by atoms with Gasteiger partial charge in [-0.15, -0.1) is 0 Å². The minimum atomic E-state index is -3.96. The summed E-state index contributed by atoms with van der Waals surface area (Å²) in [4.78, 5) is 16.0. The van der Waals surface area contributed by atoms with E-state index < -0.39 is 16.0 Å². The van der Waals surface area contributed by atoms with E-state index in [1.54, 1.807) is 0 Å². The van der Waals surface area contributed by atoms with Crippen molar-refractivity contribution >= 4 is 39.2 Å². The molecular weight excluding hydrogens is 451 g/mol. The molecule has 0 aliphatic rings. The lowest BCUT2D eigenvalue weighted by Crippen LogP contribution is -2.27. The quantitative estimate of drug-likeness (QED) is 0.492. The van der Waals surface area contributed by atoms with Crippen molar-refractivity contribution < 1.29 is 22.4 Å². The third-order valence-corrected chi connectivity index (χ3v) is 6.46. The predicted octanol–water partition coefficient (Wildman–Crippen LogP) is 4.37. The zero-order chi connectivity index (χ0) is 21.7. The van der Waals surface area contributed by atoms with Crippen LogP contribution in [0.3, 0.4) is 0 Å². The van der Waals surface area contributed by atoms with Crippen molar-refractivity contribution in [3.63, 3.8) is 0 Å². The number of sulfonamides is 1. The van der Waals surface area contributed by atoms with E-state index in [1.807, 2.05) is 31.2 Å². The minimum absolute atomic E-state index is 0.00649. The fourth-order valence-corrected chi connectivity index (χ4v) is 4.70. The van der Waals surface area contributed by atoms with Gasteiger partial charge < -0.3 is 9.15 Å². The second kappa shape index (κ2) is 9.61. The summed E-state index contributed by atoms with van der Waals surface area (Å²) in [5.74, 6) is -0.173. The van der Waals surface area contributed by atoms with Crippen LogP contribution in [0.25, 0.3) is 11.5 Å². The molecule has 0 amide bonds. The summed E-state index contributed by atoms with van der Waals surface area (Å²) in [6.45, 7) is 1.72. The number of hydrogen-bond acceptors (Lipinski definition) is 6. The highest BCUT2D eigenvalue weighted by Crippen LogP contribution is 2.28. The molecule has 2 aromatic carbocycles. The number of aromatic nitrogens is 1. The number of halogens is 2. The molecule has 0 saturated carbocycles. The normalized spacial score (nSPS) is 11.4. The first kappa shape index (κ1) is 22.3. The number of nitrogens with one attached hydrogen (secondary N) is 1. The first-order chi connectivity index (χ1) is 14.3. The Hall–Kier alpha value is -2.39. The van der Waals surface area contributed by atoms with E-state index >= 15 is 0 Å². The van der Waals surface area contributed by atoms with Gasteiger partial charge in [-0.1, -0.05) is 47.0 Å². The van der Waals surface area contributed by atoms with Crippen molar-refractivity contribution in [1.29, 1.82) is 0 Å². The molecule has 0 spiro atoms. The number of oxazole rings is 1. The molecule has 158 valence electrons. The Morgan fingerprint density at radius 3 is 2.47 bits per heavy atom. The molecule has 0 fully saturated rings. The first-order valence-corrected chi connectivity index (χ1v) is 11.1. The van der Waals surface area contributed by atoms with Crippen LogP contribution in [0, 0.1) is 6.92 Å². The van der Waals surface area contributed by atoms with E-state index in [-0.39, 0.29) is 34.5 Å². The fraction of sp³-hybridized carbons (Fsp3) is 0.200. The molecule has 7 nitrogen and oxygen atoms in total. The number of hydrogen-bond donors (Lipinski definition) is 1. The van der Waals surface area contributed by atoms with Gasteiger partial charge in [0.15, 0.2) is 0 Å². The third kappa shape index (κ3) is 5.60. The number of nitrogens with zero attached hydrogens (tertiary/aromatic N) is 1. The standard InChI is InChI=1S/C20H18Cl2N2O5S/c1-13-5-7-14(8-6-13)20-24-15(12-29-20)11-28-18(25)9-10-23-30(26,27)19-16(21)3-2-4-17(19)22/h2-8,12,23H,9-11H2,1H3. The molecule has 1 N–H and O–H groups in total. The van der Waals surface area contributed by atoms with Gasteiger partial charge in [-0.05, 0) is 31.2 Å². The molecule has 0 bridgehead atoms. The molecule has 0 radical (unpaired) electrons. The van der Waals surface area contributed by atoms with Crippen molar-refractivity contribution in [2.75, 3.05) is 6.54 Å². The van der Waals surface area contributed by atoms with Gasteiger partial charge in [0.2, 0.25) is 15.9 Å². The summed E-state index contributed by atoms with van der Waals surface area (Å²) in [5, 5.41) is -0.0130. The van der Waals surface area contributed by atoms with E-state index in [2.05, 4.69) is 9.71 Å². The Morgan fingerprint density at radius 2 is 1.80 bits per heavy atom. The molecule has 0 unspecified atom stereocenters. The summed E-state index contributed by atoms with van der Waals surface area (Å²) >= 11 is 11.8. The van der Waals surface area contributed by atoms with Gasteiger partial charge >= 0.3 is 5.97 Å². The predicted molar refractivity (Wildman–Crippen MR) is 113 cm³/mol. The van der Waals surface area contributed by atoms with Crippen LogP contribution in [0.2, 0.25) is 10.0 Å². The van der Waals surface area contributed by atoms with Crippen molar-refractivity contribution in [3.8, 4) is 11.5 Å². The zero-order valence-corrected chi connectivity index (χ0v) is 18.2. The number of esters is 1. The van der Waals surface area contributed by atoms with Crippen LogP contribution in [0.15, 0.2) is 58.0 Å². The molecule has 0 aliphatic heterocycles. The van der Waals surface area contributed by atoms with Gasteiger partial charge in [-0.2, -0.15) is 0 Å². The second-order valence-electron chi connectivity index (χ2n) is 6.37. The summed E-state index contributed by atoms with van der Waals surface area (Å²) in [7, 11) is -3.96. The maximum Gasteiger partial charge on any atom is 0.307 e. The second-order valence-corrected chi connectivity index (χ2v) is 8.89. The maximum atomic E-state index is 12.3. The number of benzene rings is 2. The molecular formula is C20H18Cl2N2O5S. The van der Waals surface area contributed by atoms with Crippen molar-refractivity contribution in [2.24, 2.45) is 0 Å².